The second kappa shape index (κ2) is 8.28. The van der Waals surface area contributed by atoms with E-state index in [1.807, 2.05) is 19.1 Å². The molecule has 6 heteroatoms. The molecule has 4 rings (SSSR count). The smallest absolute Gasteiger partial charge is 0.262 e. The van der Waals surface area contributed by atoms with Gasteiger partial charge < -0.3 is 9.64 Å². The molecule has 4 aromatic rings. The number of anilines is 1. The number of benzene rings is 3. The molecule has 0 saturated heterocycles. The Balaban J connectivity index is 1.93. The summed E-state index contributed by atoms with van der Waals surface area (Å²) < 4.78 is 6.78. The van der Waals surface area contributed by atoms with Crippen LogP contribution in [-0.2, 0) is 0 Å². The quantitative estimate of drug-likeness (QED) is 0.443. The van der Waals surface area contributed by atoms with Crippen LogP contribution >= 0.6 is 11.6 Å². The fourth-order valence-corrected chi connectivity index (χ4v) is 3.81. The molecule has 0 radical (unpaired) electrons. The Hall–Kier alpha value is -3.57. The van der Waals surface area contributed by atoms with Crippen molar-refractivity contribution in [3.05, 3.63) is 99.4 Å². The van der Waals surface area contributed by atoms with E-state index < -0.39 is 0 Å². The molecular formula is C25H21ClN2O3. The molecule has 0 N–H and O–H groups in total. The minimum absolute atomic E-state index is 0.206. The Morgan fingerprint density at radius 1 is 1.00 bits per heavy atom. The lowest BCUT2D eigenvalue weighted by Crippen LogP contribution is -2.29. The maximum absolute atomic E-state index is 13.6. The summed E-state index contributed by atoms with van der Waals surface area (Å²) in [7, 11) is 3.27. The molecule has 156 valence electrons. The summed E-state index contributed by atoms with van der Waals surface area (Å²) in [4.78, 5) is 28.4. The summed E-state index contributed by atoms with van der Waals surface area (Å²) in [5.74, 6) is 0.385. The zero-order chi connectivity index (χ0) is 22.1. The lowest BCUT2D eigenvalue weighted by Gasteiger charge is -2.21. The van der Waals surface area contributed by atoms with Crippen LogP contribution in [0.25, 0.3) is 16.5 Å². The van der Waals surface area contributed by atoms with E-state index in [4.69, 9.17) is 16.3 Å². The highest BCUT2D eigenvalue weighted by Gasteiger charge is 2.21. The molecule has 0 saturated carbocycles. The number of methoxy groups -OCH3 is 1. The summed E-state index contributed by atoms with van der Waals surface area (Å²) in [5.41, 5.74) is 2.46. The van der Waals surface area contributed by atoms with E-state index in [2.05, 4.69) is 0 Å². The molecule has 0 aliphatic rings. The molecule has 0 unspecified atom stereocenters. The molecule has 0 atom stereocenters. The van der Waals surface area contributed by atoms with E-state index in [0.717, 1.165) is 5.56 Å². The lowest BCUT2D eigenvalue weighted by molar-refractivity contribution is 0.0994. The van der Waals surface area contributed by atoms with Crippen molar-refractivity contribution in [2.24, 2.45) is 0 Å². The number of ether oxygens (including phenoxy) is 1. The van der Waals surface area contributed by atoms with Crippen LogP contribution in [0.1, 0.15) is 15.9 Å². The van der Waals surface area contributed by atoms with Crippen molar-refractivity contribution in [1.29, 1.82) is 0 Å². The van der Waals surface area contributed by atoms with Gasteiger partial charge in [0.1, 0.15) is 5.75 Å². The van der Waals surface area contributed by atoms with Crippen molar-refractivity contribution in [3.63, 3.8) is 0 Å². The third-order valence-electron chi connectivity index (χ3n) is 5.32. The molecule has 3 aromatic carbocycles. The number of carbonyl (C=O) groups excluding carboxylic acids is 1. The van der Waals surface area contributed by atoms with Gasteiger partial charge in [-0.05, 0) is 42.8 Å². The van der Waals surface area contributed by atoms with E-state index in [9.17, 15) is 9.59 Å². The Labute approximate surface area is 185 Å². The van der Waals surface area contributed by atoms with Gasteiger partial charge in [-0.1, -0.05) is 41.9 Å². The number of amides is 1. The molecule has 0 aliphatic heterocycles. The SMILES string of the molecule is COc1cccc(-n2cc(C(=O)N(C)c3cc(Cl)ccc3C)c3ccccc3c2=O)c1. The van der Waals surface area contributed by atoms with Crippen molar-refractivity contribution in [1.82, 2.24) is 4.57 Å². The number of pyridine rings is 1. The van der Waals surface area contributed by atoms with Crippen LogP contribution in [0.15, 0.2) is 77.7 Å². The maximum atomic E-state index is 13.6. The van der Waals surface area contributed by atoms with Gasteiger partial charge in [-0.2, -0.15) is 0 Å². The van der Waals surface area contributed by atoms with Gasteiger partial charge in [0.2, 0.25) is 0 Å². The highest BCUT2D eigenvalue weighted by Crippen LogP contribution is 2.27. The first-order valence-electron chi connectivity index (χ1n) is 9.73. The third-order valence-corrected chi connectivity index (χ3v) is 5.56. The van der Waals surface area contributed by atoms with E-state index in [1.165, 1.54) is 4.57 Å². The van der Waals surface area contributed by atoms with Gasteiger partial charge in [-0.3, -0.25) is 14.2 Å². The largest absolute Gasteiger partial charge is 0.497 e. The normalized spacial score (nSPS) is 10.8. The summed E-state index contributed by atoms with van der Waals surface area (Å²) in [6, 6.07) is 19.7. The van der Waals surface area contributed by atoms with Crippen molar-refractivity contribution in [2.75, 3.05) is 19.1 Å². The van der Waals surface area contributed by atoms with Crippen LogP contribution in [0.2, 0.25) is 5.02 Å². The number of rotatable bonds is 4. The second-order valence-electron chi connectivity index (χ2n) is 7.26. The fourth-order valence-electron chi connectivity index (χ4n) is 3.65. The van der Waals surface area contributed by atoms with Gasteiger partial charge in [0.15, 0.2) is 0 Å². The van der Waals surface area contributed by atoms with Crippen molar-refractivity contribution in [3.8, 4) is 11.4 Å². The molecule has 0 fully saturated rings. The predicted molar refractivity (Wildman–Crippen MR) is 125 cm³/mol. The van der Waals surface area contributed by atoms with Gasteiger partial charge in [-0.25, -0.2) is 0 Å². The summed E-state index contributed by atoms with van der Waals surface area (Å²) in [6.07, 6.45) is 1.60. The van der Waals surface area contributed by atoms with Crippen molar-refractivity contribution < 1.29 is 9.53 Å². The molecule has 31 heavy (non-hydrogen) atoms. The monoisotopic (exact) mass is 432 g/mol. The Morgan fingerprint density at radius 3 is 2.48 bits per heavy atom. The first-order valence-corrected chi connectivity index (χ1v) is 10.1. The zero-order valence-corrected chi connectivity index (χ0v) is 18.2. The number of fused-ring (bicyclic) bond motifs is 1. The van der Waals surface area contributed by atoms with Crippen LogP contribution in [-0.4, -0.2) is 24.6 Å². The Bertz CT molecular complexity index is 1360. The van der Waals surface area contributed by atoms with Gasteiger partial charge in [0, 0.05) is 40.8 Å². The van der Waals surface area contributed by atoms with Gasteiger partial charge in [-0.15, -0.1) is 0 Å². The summed E-state index contributed by atoms with van der Waals surface area (Å²) in [5, 5.41) is 1.61. The lowest BCUT2D eigenvalue weighted by atomic mass is 10.1. The third kappa shape index (κ3) is 3.80. The highest BCUT2D eigenvalue weighted by molar-refractivity contribution is 6.31. The second-order valence-corrected chi connectivity index (χ2v) is 7.70. The number of aryl methyl sites for hydroxylation is 1. The average Bonchev–Trinajstić information content (AvgIpc) is 2.80. The molecule has 1 aromatic heterocycles. The van der Waals surface area contributed by atoms with E-state index >= 15 is 0 Å². The van der Waals surface area contributed by atoms with Crippen molar-refractivity contribution >= 4 is 34.0 Å². The number of aromatic nitrogens is 1. The Kier molecular flexibility index (Phi) is 5.53. The van der Waals surface area contributed by atoms with Gasteiger partial charge in [0.25, 0.3) is 11.5 Å². The topological polar surface area (TPSA) is 51.5 Å². The first-order chi connectivity index (χ1) is 14.9. The maximum Gasteiger partial charge on any atom is 0.262 e. The number of carbonyl (C=O) groups is 1. The van der Waals surface area contributed by atoms with E-state index in [0.29, 0.717) is 38.5 Å². The van der Waals surface area contributed by atoms with Gasteiger partial charge >= 0.3 is 0 Å². The number of hydrogen-bond acceptors (Lipinski definition) is 3. The number of hydrogen-bond donors (Lipinski definition) is 0. The summed E-state index contributed by atoms with van der Waals surface area (Å²) in [6.45, 7) is 1.92. The Morgan fingerprint density at radius 2 is 1.74 bits per heavy atom. The molecular weight excluding hydrogens is 412 g/mol. The number of halogens is 1. The highest BCUT2D eigenvalue weighted by atomic mass is 35.5. The zero-order valence-electron chi connectivity index (χ0n) is 17.4. The molecule has 0 spiro atoms. The van der Waals surface area contributed by atoms with Crippen LogP contribution in [0.5, 0.6) is 5.75 Å². The fraction of sp³-hybridized carbons (Fsp3) is 0.120. The first kappa shape index (κ1) is 20.7. The van der Waals surface area contributed by atoms with Gasteiger partial charge in [0.05, 0.1) is 18.4 Å². The molecule has 1 amide bonds. The molecule has 0 aliphatic carbocycles. The average molecular weight is 433 g/mol. The molecule has 0 bridgehead atoms. The molecule has 5 nitrogen and oxygen atoms in total. The van der Waals surface area contributed by atoms with Crippen LogP contribution < -0.4 is 15.2 Å². The van der Waals surface area contributed by atoms with Crippen LogP contribution in [0.3, 0.4) is 0 Å². The minimum Gasteiger partial charge on any atom is -0.497 e. The van der Waals surface area contributed by atoms with E-state index in [-0.39, 0.29) is 11.5 Å². The summed E-state index contributed by atoms with van der Waals surface area (Å²) >= 11 is 6.17. The van der Waals surface area contributed by atoms with Crippen LogP contribution in [0, 0.1) is 6.92 Å². The van der Waals surface area contributed by atoms with Crippen molar-refractivity contribution in [2.45, 2.75) is 6.92 Å². The number of nitrogens with zero attached hydrogens (tertiary/aromatic N) is 2. The van der Waals surface area contributed by atoms with E-state index in [1.54, 1.807) is 79.9 Å². The van der Waals surface area contributed by atoms with Crippen LogP contribution in [0.4, 0.5) is 5.69 Å². The standard InChI is InChI=1S/C25H21ClN2O3/c1-16-11-12-17(26)13-23(16)27(2)24(29)22-15-28(18-7-6-8-19(14-18)31-3)25(30)21-10-5-4-9-20(21)22/h4-15H,1-3H3. The minimum atomic E-state index is -0.238. The predicted octanol–water partition coefficient (Wildman–Crippen LogP) is 5.24. The molecule has 1 heterocycles.